The summed E-state index contributed by atoms with van der Waals surface area (Å²) in [6.07, 6.45) is 0. The number of rotatable bonds is 10. The van der Waals surface area contributed by atoms with E-state index >= 15 is 0 Å². The van der Waals surface area contributed by atoms with Crippen LogP contribution in [0.3, 0.4) is 0 Å². The molecule has 0 atom stereocenters. The molecule has 0 fully saturated rings. The molecule has 5 nitrogen and oxygen atoms in total. The first kappa shape index (κ1) is 26.3. The quantitative estimate of drug-likeness (QED) is 0.278. The first-order valence-electron chi connectivity index (χ1n) is 12.0. The fraction of sp³-hybridized carbons (Fsp3) is 0.167. The van der Waals surface area contributed by atoms with Crippen molar-refractivity contribution in [1.82, 2.24) is 9.21 Å². The summed E-state index contributed by atoms with van der Waals surface area (Å²) >= 11 is 0. The fourth-order valence-electron chi connectivity index (χ4n) is 3.97. The van der Waals surface area contributed by atoms with Crippen LogP contribution < -0.4 is 0 Å². The number of carbonyl (C=O) groups excluding carboxylic acids is 1. The lowest BCUT2D eigenvalue weighted by molar-refractivity contribution is -0.132. The number of halogens is 1. The Balaban J connectivity index is 1.65. The monoisotopic (exact) mass is 516 g/mol. The minimum atomic E-state index is -4.01. The number of sulfonamides is 1. The van der Waals surface area contributed by atoms with Crippen molar-refractivity contribution in [2.75, 3.05) is 6.54 Å². The number of hydrogen-bond acceptors (Lipinski definition) is 3. The van der Waals surface area contributed by atoms with Gasteiger partial charge in [0, 0.05) is 19.6 Å². The van der Waals surface area contributed by atoms with Crippen LogP contribution in [0.2, 0.25) is 0 Å². The van der Waals surface area contributed by atoms with Gasteiger partial charge in [-0.25, -0.2) is 12.8 Å². The van der Waals surface area contributed by atoms with Crippen molar-refractivity contribution in [3.63, 3.8) is 0 Å². The largest absolute Gasteiger partial charge is 0.333 e. The van der Waals surface area contributed by atoms with Gasteiger partial charge in [-0.2, -0.15) is 4.31 Å². The molecular weight excluding hydrogens is 487 g/mol. The lowest BCUT2D eigenvalue weighted by Gasteiger charge is -2.28. The van der Waals surface area contributed by atoms with Crippen LogP contribution in [0.15, 0.2) is 114 Å². The zero-order valence-electron chi connectivity index (χ0n) is 20.6. The molecule has 4 aromatic rings. The molecule has 0 aliphatic rings. The van der Waals surface area contributed by atoms with E-state index < -0.39 is 15.8 Å². The predicted molar refractivity (Wildman–Crippen MR) is 142 cm³/mol. The third-order valence-electron chi connectivity index (χ3n) is 6.03. The molecule has 7 heteroatoms. The Hall–Kier alpha value is -3.81. The highest BCUT2D eigenvalue weighted by Gasteiger charge is 2.29. The van der Waals surface area contributed by atoms with Crippen LogP contribution in [0.4, 0.5) is 4.39 Å². The van der Waals surface area contributed by atoms with E-state index in [0.717, 1.165) is 21.0 Å². The van der Waals surface area contributed by atoms with Crippen LogP contribution in [0.1, 0.15) is 22.3 Å². The number of hydrogen-bond donors (Lipinski definition) is 0. The molecule has 0 unspecified atom stereocenters. The van der Waals surface area contributed by atoms with Gasteiger partial charge in [0.15, 0.2) is 0 Å². The molecule has 0 spiro atoms. The van der Waals surface area contributed by atoms with Crippen molar-refractivity contribution < 1.29 is 17.6 Å². The molecular formula is C30H29FN2O3S. The zero-order valence-corrected chi connectivity index (χ0v) is 21.4. The number of aryl methyl sites for hydroxylation is 1. The first-order valence-corrected chi connectivity index (χ1v) is 13.4. The molecule has 0 N–H and O–H groups in total. The predicted octanol–water partition coefficient (Wildman–Crippen LogP) is 5.55. The third-order valence-corrected chi connectivity index (χ3v) is 7.83. The van der Waals surface area contributed by atoms with Gasteiger partial charge in [0.25, 0.3) is 0 Å². The maximum Gasteiger partial charge on any atom is 0.243 e. The Morgan fingerprint density at radius 1 is 0.676 bits per heavy atom. The molecule has 4 aromatic carbocycles. The summed E-state index contributed by atoms with van der Waals surface area (Å²) < 4.78 is 42.0. The molecule has 4 rings (SSSR count). The molecule has 0 saturated carbocycles. The van der Waals surface area contributed by atoms with Gasteiger partial charge in [-0.1, -0.05) is 90.5 Å². The second kappa shape index (κ2) is 12.0. The van der Waals surface area contributed by atoms with E-state index in [4.69, 9.17) is 0 Å². The summed E-state index contributed by atoms with van der Waals surface area (Å²) in [4.78, 5) is 15.5. The Morgan fingerprint density at radius 2 is 1.16 bits per heavy atom. The van der Waals surface area contributed by atoms with Gasteiger partial charge in [0.2, 0.25) is 15.9 Å². The number of nitrogens with zero attached hydrogens (tertiary/aromatic N) is 2. The lowest BCUT2D eigenvalue weighted by Crippen LogP contribution is -2.42. The number of amides is 1. The van der Waals surface area contributed by atoms with Crippen LogP contribution in [-0.4, -0.2) is 30.1 Å². The highest BCUT2D eigenvalue weighted by molar-refractivity contribution is 7.89. The van der Waals surface area contributed by atoms with Crippen LogP contribution >= 0.6 is 0 Å². The van der Waals surface area contributed by atoms with Gasteiger partial charge >= 0.3 is 0 Å². The van der Waals surface area contributed by atoms with E-state index in [9.17, 15) is 17.6 Å². The van der Waals surface area contributed by atoms with E-state index in [1.807, 2.05) is 67.6 Å². The molecule has 0 bridgehead atoms. The Bertz CT molecular complexity index is 1370. The zero-order chi connectivity index (χ0) is 26.3. The summed E-state index contributed by atoms with van der Waals surface area (Å²) in [6, 6.07) is 31.3. The van der Waals surface area contributed by atoms with Crippen LogP contribution in [-0.2, 0) is 34.5 Å². The number of benzene rings is 4. The maximum atomic E-state index is 13.7. The Kier molecular flexibility index (Phi) is 8.48. The fourth-order valence-corrected chi connectivity index (χ4v) is 5.35. The van der Waals surface area contributed by atoms with E-state index in [1.54, 1.807) is 29.2 Å². The average Bonchev–Trinajstić information content (AvgIpc) is 2.90. The van der Waals surface area contributed by atoms with Gasteiger partial charge in [-0.3, -0.25) is 4.79 Å². The SMILES string of the molecule is Cc1ccc(S(=O)(=O)N(CC(=O)N(Cc2ccccc2)Cc2ccccc2)Cc2ccc(F)cc2)cc1. The summed E-state index contributed by atoms with van der Waals surface area (Å²) in [6.45, 7) is 2.13. The third kappa shape index (κ3) is 7.12. The second-order valence-corrected chi connectivity index (χ2v) is 10.9. The van der Waals surface area contributed by atoms with Crippen LogP contribution in [0, 0.1) is 12.7 Å². The van der Waals surface area contributed by atoms with Gasteiger partial charge in [0.1, 0.15) is 5.82 Å². The molecule has 0 radical (unpaired) electrons. The molecule has 190 valence electrons. The molecule has 0 aliphatic carbocycles. The second-order valence-electron chi connectivity index (χ2n) is 8.93. The standard InChI is InChI=1S/C30H29FN2O3S/c1-24-12-18-29(19-13-24)37(35,36)33(22-27-14-16-28(31)17-15-27)23-30(34)32(20-25-8-4-2-5-9-25)21-26-10-6-3-7-11-26/h2-19H,20-23H2,1H3. The van der Waals surface area contributed by atoms with Gasteiger partial charge < -0.3 is 4.90 Å². The van der Waals surface area contributed by atoms with E-state index in [-0.39, 0.29) is 23.9 Å². The first-order chi connectivity index (χ1) is 17.8. The summed E-state index contributed by atoms with van der Waals surface area (Å²) in [5, 5.41) is 0. The molecule has 0 aromatic heterocycles. The van der Waals surface area contributed by atoms with Crippen molar-refractivity contribution in [2.24, 2.45) is 0 Å². The average molecular weight is 517 g/mol. The van der Waals surface area contributed by atoms with Gasteiger partial charge in [0.05, 0.1) is 11.4 Å². The molecule has 37 heavy (non-hydrogen) atoms. The van der Waals surface area contributed by atoms with Crippen molar-refractivity contribution >= 4 is 15.9 Å². The van der Waals surface area contributed by atoms with Gasteiger partial charge in [-0.15, -0.1) is 0 Å². The van der Waals surface area contributed by atoms with Crippen LogP contribution in [0.25, 0.3) is 0 Å². The molecule has 0 saturated heterocycles. The van der Waals surface area contributed by atoms with E-state index in [1.165, 1.54) is 24.3 Å². The van der Waals surface area contributed by atoms with Gasteiger partial charge in [-0.05, 0) is 47.9 Å². The minimum Gasteiger partial charge on any atom is -0.333 e. The smallest absolute Gasteiger partial charge is 0.243 e. The number of carbonyl (C=O) groups is 1. The van der Waals surface area contributed by atoms with E-state index in [2.05, 4.69) is 0 Å². The van der Waals surface area contributed by atoms with E-state index in [0.29, 0.717) is 18.7 Å². The van der Waals surface area contributed by atoms with Crippen molar-refractivity contribution in [2.45, 2.75) is 31.5 Å². The highest BCUT2D eigenvalue weighted by Crippen LogP contribution is 2.21. The highest BCUT2D eigenvalue weighted by atomic mass is 32.2. The summed E-state index contributed by atoms with van der Waals surface area (Å²) in [5.41, 5.74) is 3.40. The maximum absolute atomic E-state index is 13.7. The lowest BCUT2D eigenvalue weighted by atomic mass is 10.1. The molecule has 0 aliphatic heterocycles. The minimum absolute atomic E-state index is 0.0628. The Labute approximate surface area is 217 Å². The normalized spacial score (nSPS) is 11.4. The molecule has 1 amide bonds. The molecule has 0 heterocycles. The van der Waals surface area contributed by atoms with Crippen molar-refractivity contribution in [3.8, 4) is 0 Å². The van der Waals surface area contributed by atoms with Crippen LogP contribution in [0.5, 0.6) is 0 Å². The van der Waals surface area contributed by atoms with Crippen molar-refractivity contribution in [3.05, 3.63) is 137 Å². The summed E-state index contributed by atoms with van der Waals surface area (Å²) in [7, 11) is -4.01. The Morgan fingerprint density at radius 3 is 1.68 bits per heavy atom. The van der Waals surface area contributed by atoms with Crippen molar-refractivity contribution in [1.29, 1.82) is 0 Å². The topological polar surface area (TPSA) is 57.7 Å². The summed E-state index contributed by atoms with van der Waals surface area (Å²) in [5.74, 6) is -0.741.